The topological polar surface area (TPSA) is 71.2 Å². The van der Waals surface area contributed by atoms with Crippen molar-refractivity contribution in [1.82, 2.24) is 15.6 Å². The van der Waals surface area contributed by atoms with Crippen molar-refractivity contribution in [3.05, 3.63) is 11.4 Å². The highest BCUT2D eigenvalue weighted by atomic mass is 16.6. The molecule has 2 N–H and O–H groups in total. The normalized spacial score (nSPS) is 13.4. The van der Waals surface area contributed by atoms with Gasteiger partial charge in [0.05, 0.1) is 6.10 Å². The molecule has 0 amide bonds. The molecule has 1 atom stereocenters. The highest BCUT2D eigenvalue weighted by Crippen LogP contribution is 2.04. The Morgan fingerprint density at radius 1 is 1.40 bits per heavy atom. The molecular weight excluding hydrogens is 194 g/mol. The third-order valence-corrected chi connectivity index (χ3v) is 2.16. The number of nitrogens with zero attached hydrogens (tertiary/aromatic N) is 2. The number of aromatic nitrogens is 2. The van der Waals surface area contributed by atoms with Crippen LogP contribution in [0.15, 0.2) is 4.63 Å². The third kappa shape index (κ3) is 4.40. The van der Waals surface area contributed by atoms with E-state index in [9.17, 15) is 5.11 Å². The first-order valence-electron chi connectivity index (χ1n) is 5.26. The van der Waals surface area contributed by atoms with Crippen molar-refractivity contribution in [2.24, 2.45) is 5.92 Å². The first-order valence-corrected chi connectivity index (χ1v) is 5.26. The number of aliphatic hydroxyl groups excluding tert-OH is 1. The minimum absolute atomic E-state index is 0.301. The van der Waals surface area contributed by atoms with Gasteiger partial charge in [0.15, 0.2) is 0 Å². The Labute approximate surface area is 89.8 Å². The lowest BCUT2D eigenvalue weighted by atomic mass is 10.1. The Balaban J connectivity index is 2.19. The maximum atomic E-state index is 9.60. The van der Waals surface area contributed by atoms with E-state index in [1.807, 2.05) is 6.92 Å². The number of aryl methyl sites for hydroxylation is 1. The van der Waals surface area contributed by atoms with Crippen LogP contribution in [-0.2, 0) is 6.54 Å². The molecule has 0 aromatic carbocycles. The largest absolute Gasteiger partial charge is 0.392 e. The highest BCUT2D eigenvalue weighted by Gasteiger charge is 2.08. The van der Waals surface area contributed by atoms with E-state index in [-0.39, 0.29) is 6.10 Å². The molecule has 0 saturated carbocycles. The third-order valence-electron chi connectivity index (χ3n) is 2.16. The Kier molecular flexibility index (Phi) is 4.71. The summed E-state index contributed by atoms with van der Waals surface area (Å²) in [7, 11) is 0. The minimum Gasteiger partial charge on any atom is -0.392 e. The summed E-state index contributed by atoms with van der Waals surface area (Å²) in [4.78, 5) is 0. The minimum atomic E-state index is -0.301. The van der Waals surface area contributed by atoms with Gasteiger partial charge in [0.2, 0.25) is 0 Å². The summed E-state index contributed by atoms with van der Waals surface area (Å²) in [5, 5.41) is 20.1. The molecule has 0 fully saturated rings. The Hall–Kier alpha value is -0.940. The second kappa shape index (κ2) is 5.82. The van der Waals surface area contributed by atoms with Crippen LogP contribution in [0.4, 0.5) is 0 Å². The van der Waals surface area contributed by atoms with Gasteiger partial charge in [-0.2, -0.15) is 0 Å². The summed E-state index contributed by atoms with van der Waals surface area (Å²) >= 11 is 0. The zero-order valence-corrected chi connectivity index (χ0v) is 9.53. The van der Waals surface area contributed by atoms with Gasteiger partial charge < -0.3 is 10.4 Å². The number of aliphatic hydroxyl groups is 1. The van der Waals surface area contributed by atoms with Crippen molar-refractivity contribution >= 4 is 0 Å². The molecule has 0 saturated heterocycles. The summed E-state index contributed by atoms with van der Waals surface area (Å²) in [6.45, 7) is 7.19. The van der Waals surface area contributed by atoms with Crippen LogP contribution in [0, 0.1) is 12.8 Å². The van der Waals surface area contributed by atoms with Crippen LogP contribution in [0.3, 0.4) is 0 Å². The molecule has 86 valence electrons. The number of rotatable bonds is 6. The molecule has 0 radical (unpaired) electrons. The molecule has 1 rings (SSSR count). The quantitative estimate of drug-likeness (QED) is 0.733. The molecule has 0 bridgehead atoms. The van der Waals surface area contributed by atoms with Gasteiger partial charge in [0, 0.05) is 13.1 Å². The fourth-order valence-corrected chi connectivity index (χ4v) is 1.39. The van der Waals surface area contributed by atoms with Crippen LogP contribution in [0.5, 0.6) is 0 Å². The molecule has 0 aliphatic carbocycles. The zero-order valence-electron chi connectivity index (χ0n) is 9.53. The average Bonchev–Trinajstić information content (AvgIpc) is 2.50. The zero-order chi connectivity index (χ0) is 11.3. The van der Waals surface area contributed by atoms with Gasteiger partial charge in [-0.1, -0.05) is 24.2 Å². The second-order valence-corrected chi connectivity index (χ2v) is 4.21. The van der Waals surface area contributed by atoms with E-state index in [0.717, 1.165) is 17.8 Å². The van der Waals surface area contributed by atoms with Gasteiger partial charge in [-0.15, -0.1) is 0 Å². The number of nitrogens with one attached hydrogen (secondary N) is 1. The predicted molar refractivity (Wildman–Crippen MR) is 56.2 cm³/mol. The predicted octanol–water partition coefficient (Wildman–Crippen LogP) is 0.875. The molecule has 0 aliphatic rings. The van der Waals surface area contributed by atoms with Crippen molar-refractivity contribution in [2.75, 3.05) is 6.54 Å². The van der Waals surface area contributed by atoms with E-state index in [1.165, 1.54) is 0 Å². The van der Waals surface area contributed by atoms with E-state index >= 15 is 0 Å². The summed E-state index contributed by atoms with van der Waals surface area (Å²) < 4.78 is 4.56. The summed E-state index contributed by atoms with van der Waals surface area (Å²) in [6, 6.07) is 0. The number of hydrogen-bond acceptors (Lipinski definition) is 5. The van der Waals surface area contributed by atoms with E-state index in [4.69, 9.17) is 0 Å². The molecule has 0 aliphatic heterocycles. The van der Waals surface area contributed by atoms with E-state index in [0.29, 0.717) is 19.0 Å². The Bertz CT molecular complexity index is 286. The van der Waals surface area contributed by atoms with Gasteiger partial charge in [0.25, 0.3) is 0 Å². The average molecular weight is 213 g/mol. The molecule has 1 aromatic heterocycles. The van der Waals surface area contributed by atoms with Gasteiger partial charge in [-0.25, -0.2) is 4.63 Å². The summed E-state index contributed by atoms with van der Waals surface area (Å²) in [5.41, 5.74) is 1.59. The van der Waals surface area contributed by atoms with Crippen LogP contribution < -0.4 is 5.32 Å². The van der Waals surface area contributed by atoms with Crippen molar-refractivity contribution in [3.8, 4) is 0 Å². The molecule has 1 heterocycles. The molecule has 15 heavy (non-hydrogen) atoms. The fourth-order valence-electron chi connectivity index (χ4n) is 1.39. The SMILES string of the molecule is Cc1nonc1CNCC(O)CC(C)C. The molecule has 5 nitrogen and oxygen atoms in total. The molecule has 1 aromatic rings. The monoisotopic (exact) mass is 213 g/mol. The first kappa shape index (κ1) is 12.1. The van der Waals surface area contributed by atoms with Crippen LogP contribution in [-0.4, -0.2) is 28.1 Å². The number of hydrogen-bond donors (Lipinski definition) is 2. The van der Waals surface area contributed by atoms with Gasteiger partial charge >= 0.3 is 0 Å². The molecule has 1 unspecified atom stereocenters. The standard InChI is InChI=1S/C10H19N3O2/c1-7(2)4-9(14)5-11-6-10-8(3)12-15-13-10/h7,9,11,14H,4-6H2,1-3H3. The molecule has 5 heteroatoms. The summed E-state index contributed by atoms with van der Waals surface area (Å²) in [6.07, 6.45) is 0.508. The van der Waals surface area contributed by atoms with Gasteiger partial charge in [-0.05, 0) is 19.3 Å². The van der Waals surface area contributed by atoms with Gasteiger partial charge in [-0.3, -0.25) is 0 Å². The van der Waals surface area contributed by atoms with E-state index < -0.39 is 0 Å². The van der Waals surface area contributed by atoms with Crippen molar-refractivity contribution in [1.29, 1.82) is 0 Å². The van der Waals surface area contributed by atoms with E-state index in [1.54, 1.807) is 0 Å². The lowest BCUT2D eigenvalue weighted by Gasteiger charge is -2.13. The highest BCUT2D eigenvalue weighted by molar-refractivity contribution is 5.03. The fraction of sp³-hybridized carbons (Fsp3) is 0.800. The Morgan fingerprint density at radius 2 is 2.13 bits per heavy atom. The van der Waals surface area contributed by atoms with Crippen LogP contribution >= 0.6 is 0 Å². The van der Waals surface area contributed by atoms with Crippen molar-refractivity contribution in [2.45, 2.75) is 39.8 Å². The van der Waals surface area contributed by atoms with Crippen molar-refractivity contribution < 1.29 is 9.74 Å². The lowest BCUT2D eigenvalue weighted by molar-refractivity contribution is 0.146. The summed E-state index contributed by atoms with van der Waals surface area (Å²) in [5.74, 6) is 0.511. The molecule has 0 spiro atoms. The van der Waals surface area contributed by atoms with Crippen molar-refractivity contribution in [3.63, 3.8) is 0 Å². The Morgan fingerprint density at radius 3 is 2.67 bits per heavy atom. The molecular formula is C10H19N3O2. The second-order valence-electron chi connectivity index (χ2n) is 4.21. The first-order chi connectivity index (χ1) is 7.09. The van der Waals surface area contributed by atoms with Crippen LogP contribution in [0.2, 0.25) is 0 Å². The van der Waals surface area contributed by atoms with Crippen LogP contribution in [0.1, 0.15) is 31.7 Å². The lowest BCUT2D eigenvalue weighted by Crippen LogP contribution is -2.27. The van der Waals surface area contributed by atoms with E-state index in [2.05, 4.69) is 34.1 Å². The maximum absolute atomic E-state index is 9.60. The maximum Gasteiger partial charge on any atom is 0.121 e. The smallest absolute Gasteiger partial charge is 0.121 e. The van der Waals surface area contributed by atoms with Crippen LogP contribution in [0.25, 0.3) is 0 Å². The van der Waals surface area contributed by atoms with Gasteiger partial charge in [0.1, 0.15) is 11.4 Å².